The highest BCUT2D eigenvalue weighted by Gasteiger charge is 2.41. The molecule has 3 aromatic rings. The Bertz CT molecular complexity index is 1090. The first-order valence-electron chi connectivity index (χ1n) is 10.1. The average Bonchev–Trinajstić information content (AvgIpc) is 3.29. The topological polar surface area (TPSA) is 45.2 Å². The summed E-state index contributed by atoms with van der Waals surface area (Å²) < 4.78 is 14.4. The summed E-state index contributed by atoms with van der Waals surface area (Å²) in [5.74, 6) is 0.133. The molecule has 1 amide bonds. The highest BCUT2D eigenvalue weighted by atomic mass is 32.2. The lowest BCUT2D eigenvalue weighted by molar-refractivity contribution is -0.118. The molecule has 0 radical (unpaired) electrons. The van der Waals surface area contributed by atoms with Crippen LogP contribution in [0.2, 0.25) is 0 Å². The number of piperidine rings is 1. The minimum Gasteiger partial charge on any atom is -0.321 e. The third kappa shape index (κ3) is 3.89. The van der Waals surface area contributed by atoms with Gasteiger partial charge in [-0.05, 0) is 42.8 Å². The molecule has 4 nitrogen and oxygen atoms in total. The van der Waals surface area contributed by atoms with Gasteiger partial charge in [0.05, 0.1) is 15.2 Å². The van der Waals surface area contributed by atoms with Crippen molar-refractivity contribution in [2.45, 2.75) is 25.1 Å². The van der Waals surface area contributed by atoms with Crippen LogP contribution in [0.15, 0.2) is 53.6 Å². The highest BCUT2D eigenvalue weighted by molar-refractivity contribution is 8.04. The minimum absolute atomic E-state index is 0.0436. The quantitative estimate of drug-likeness (QED) is 0.630. The molecule has 0 aliphatic carbocycles. The van der Waals surface area contributed by atoms with E-state index in [-0.39, 0.29) is 11.7 Å². The van der Waals surface area contributed by atoms with Crippen LogP contribution in [0, 0.1) is 11.7 Å². The van der Waals surface area contributed by atoms with Gasteiger partial charge in [0.25, 0.3) is 0 Å². The number of benzene rings is 2. The van der Waals surface area contributed by atoms with Crippen molar-refractivity contribution in [3.8, 4) is 0 Å². The summed E-state index contributed by atoms with van der Waals surface area (Å²) in [5, 5.41) is 5.43. The van der Waals surface area contributed by atoms with Crippen molar-refractivity contribution in [2.75, 3.05) is 13.1 Å². The number of hydrogen-bond acceptors (Lipinski definition) is 5. The fraction of sp³-hybridized carbons (Fsp3) is 0.304. The zero-order valence-corrected chi connectivity index (χ0v) is 18.2. The van der Waals surface area contributed by atoms with Gasteiger partial charge in [0.15, 0.2) is 0 Å². The second-order valence-corrected chi connectivity index (χ2v) is 10.1. The van der Waals surface area contributed by atoms with E-state index in [1.54, 1.807) is 30.0 Å². The van der Waals surface area contributed by atoms with Gasteiger partial charge in [-0.1, -0.05) is 24.3 Å². The molecule has 2 unspecified atom stereocenters. The molecule has 30 heavy (non-hydrogen) atoms. The van der Waals surface area contributed by atoms with Gasteiger partial charge >= 0.3 is 0 Å². The van der Waals surface area contributed by atoms with Crippen molar-refractivity contribution in [2.24, 2.45) is 5.92 Å². The number of hydrogen-bond donors (Lipinski definition) is 1. The molecule has 1 saturated heterocycles. The maximum atomic E-state index is 13.2. The van der Waals surface area contributed by atoms with Gasteiger partial charge < -0.3 is 5.32 Å². The van der Waals surface area contributed by atoms with Crippen LogP contribution in [-0.4, -0.2) is 34.1 Å². The second-order valence-electron chi connectivity index (χ2n) is 7.82. The maximum Gasteiger partial charge on any atom is 0.221 e. The van der Waals surface area contributed by atoms with Gasteiger partial charge in [-0.25, -0.2) is 9.37 Å². The van der Waals surface area contributed by atoms with E-state index in [4.69, 9.17) is 4.98 Å². The molecule has 3 heterocycles. The molecule has 2 atom stereocenters. The Morgan fingerprint density at radius 2 is 2.03 bits per heavy atom. The normalized spacial score (nSPS) is 21.8. The Labute approximate surface area is 183 Å². The number of nitrogens with zero attached hydrogens (tertiary/aromatic N) is 2. The maximum absolute atomic E-state index is 13.2. The molecule has 5 rings (SSSR count). The van der Waals surface area contributed by atoms with Crippen molar-refractivity contribution in [3.05, 3.63) is 69.9 Å². The number of carbonyl (C=O) groups excluding carboxylic acids is 1. The Morgan fingerprint density at radius 3 is 2.80 bits per heavy atom. The number of para-hydroxylation sites is 1. The first-order chi connectivity index (χ1) is 14.6. The molecule has 1 fully saturated rings. The molecule has 0 saturated carbocycles. The lowest BCUT2D eigenvalue weighted by Crippen LogP contribution is -2.40. The van der Waals surface area contributed by atoms with E-state index in [1.165, 1.54) is 22.4 Å². The van der Waals surface area contributed by atoms with Crippen LogP contribution < -0.4 is 5.32 Å². The van der Waals surface area contributed by atoms with Crippen molar-refractivity contribution >= 4 is 44.8 Å². The van der Waals surface area contributed by atoms with Crippen LogP contribution in [0.5, 0.6) is 0 Å². The van der Waals surface area contributed by atoms with Crippen molar-refractivity contribution in [1.29, 1.82) is 0 Å². The number of aromatic nitrogens is 1. The van der Waals surface area contributed by atoms with Crippen LogP contribution in [0.1, 0.15) is 23.9 Å². The molecule has 2 aliphatic heterocycles. The Morgan fingerprint density at radius 1 is 1.23 bits per heavy atom. The molecule has 1 aromatic heterocycles. The molecule has 0 spiro atoms. The molecular formula is C23H22FN3OS2. The van der Waals surface area contributed by atoms with Gasteiger partial charge in [-0.3, -0.25) is 9.69 Å². The predicted molar refractivity (Wildman–Crippen MR) is 122 cm³/mol. The number of rotatable bonds is 4. The van der Waals surface area contributed by atoms with Crippen LogP contribution in [-0.2, 0) is 11.3 Å². The smallest absolute Gasteiger partial charge is 0.221 e. The molecule has 7 heteroatoms. The van der Waals surface area contributed by atoms with E-state index >= 15 is 0 Å². The number of allylic oxidation sites excluding steroid dienone is 1. The summed E-state index contributed by atoms with van der Waals surface area (Å²) >= 11 is 3.47. The SMILES string of the molecule is CC(=O)NC1=C(c2nc3ccccc3s2)C2CCN(Cc3ccc(F)cc3)CC2S1. The summed E-state index contributed by atoms with van der Waals surface area (Å²) in [6.45, 7) is 4.29. The molecular weight excluding hydrogens is 417 g/mol. The summed E-state index contributed by atoms with van der Waals surface area (Å²) in [5.41, 5.74) is 3.33. The van der Waals surface area contributed by atoms with E-state index in [9.17, 15) is 9.18 Å². The lowest BCUT2D eigenvalue weighted by Gasteiger charge is -2.35. The predicted octanol–water partition coefficient (Wildman–Crippen LogP) is 4.88. The molecule has 2 aromatic carbocycles. The summed E-state index contributed by atoms with van der Waals surface area (Å²) in [6.07, 6.45) is 1.02. The second kappa shape index (κ2) is 8.13. The number of amides is 1. The first-order valence-corrected chi connectivity index (χ1v) is 11.8. The third-order valence-corrected chi connectivity index (χ3v) is 8.07. The molecule has 2 aliphatic rings. The van der Waals surface area contributed by atoms with Gasteiger partial charge in [-0.15, -0.1) is 23.1 Å². The summed E-state index contributed by atoms with van der Waals surface area (Å²) in [7, 11) is 0. The van der Waals surface area contributed by atoms with Crippen LogP contribution >= 0.6 is 23.1 Å². The molecule has 0 bridgehead atoms. The zero-order valence-electron chi connectivity index (χ0n) is 16.6. The van der Waals surface area contributed by atoms with Crippen molar-refractivity contribution < 1.29 is 9.18 Å². The van der Waals surface area contributed by atoms with E-state index in [0.29, 0.717) is 11.2 Å². The number of thioether (sulfide) groups is 1. The molecule has 1 N–H and O–H groups in total. The van der Waals surface area contributed by atoms with Gasteiger partial charge in [0.2, 0.25) is 5.91 Å². The van der Waals surface area contributed by atoms with E-state index in [2.05, 4.69) is 16.3 Å². The number of halogens is 1. The van der Waals surface area contributed by atoms with E-state index < -0.39 is 0 Å². The highest BCUT2D eigenvalue weighted by Crippen LogP contribution is 2.50. The van der Waals surface area contributed by atoms with E-state index in [0.717, 1.165) is 47.2 Å². The number of fused-ring (bicyclic) bond motifs is 2. The molecule has 154 valence electrons. The van der Waals surface area contributed by atoms with Crippen molar-refractivity contribution in [3.63, 3.8) is 0 Å². The summed E-state index contributed by atoms with van der Waals surface area (Å²) in [4.78, 5) is 19.2. The fourth-order valence-corrected chi connectivity index (χ4v) is 7.05. The van der Waals surface area contributed by atoms with Gasteiger partial charge in [-0.2, -0.15) is 0 Å². The minimum atomic E-state index is -0.201. The number of thiazole rings is 1. The zero-order chi connectivity index (χ0) is 20.7. The summed E-state index contributed by atoms with van der Waals surface area (Å²) in [6, 6.07) is 14.9. The third-order valence-electron chi connectivity index (χ3n) is 5.66. The monoisotopic (exact) mass is 439 g/mol. The Hall–Kier alpha value is -2.22. The van der Waals surface area contributed by atoms with Crippen molar-refractivity contribution in [1.82, 2.24) is 15.2 Å². The first kappa shape index (κ1) is 19.7. The fourth-order valence-electron chi connectivity index (χ4n) is 4.30. The number of nitrogens with one attached hydrogen (secondary N) is 1. The van der Waals surface area contributed by atoms with Crippen LogP contribution in [0.25, 0.3) is 15.8 Å². The Balaban J connectivity index is 1.39. The largest absolute Gasteiger partial charge is 0.321 e. The van der Waals surface area contributed by atoms with Crippen LogP contribution in [0.4, 0.5) is 4.39 Å². The van der Waals surface area contributed by atoms with Crippen LogP contribution in [0.3, 0.4) is 0 Å². The lowest BCUT2D eigenvalue weighted by atomic mass is 9.89. The van der Waals surface area contributed by atoms with E-state index in [1.807, 2.05) is 30.3 Å². The number of carbonyl (C=O) groups is 1. The average molecular weight is 440 g/mol. The standard InChI is InChI=1S/C23H22FN3OS2/c1-14(28)25-22-21(23-26-18-4-2-3-5-19(18)29-23)17-10-11-27(13-20(17)30-22)12-15-6-8-16(24)9-7-15/h2-9,17,20H,10-13H2,1H3,(H,25,28). The number of likely N-dealkylation sites (tertiary alicyclic amines) is 1. The van der Waals surface area contributed by atoms with Gasteiger partial charge in [0.1, 0.15) is 10.8 Å². The van der Waals surface area contributed by atoms with Gasteiger partial charge in [0, 0.05) is 36.8 Å². The Kier molecular flexibility index (Phi) is 5.35.